The molecule has 3 rings (SSSR count). The van der Waals surface area contributed by atoms with E-state index in [0.29, 0.717) is 30.1 Å². The van der Waals surface area contributed by atoms with Gasteiger partial charge in [0.15, 0.2) is 0 Å². The zero-order valence-electron chi connectivity index (χ0n) is 13.5. The van der Waals surface area contributed by atoms with Crippen molar-refractivity contribution >= 4 is 0 Å². The topological polar surface area (TPSA) is 52.0 Å². The van der Waals surface area contributed by atoms with Crippen LogP contribution in [-0.2, 0) is 17.7 Å². The van der Waals surface area contributed by atoms with Crippen molar-refractivity contribution in [3.8, 4) is 0 Å². The van der Waals surface area contributed by atoms with Gasteiger partial charge in [-0.25, -0.2) is 9.67 Å². The van der Waals surface area contributed by atoms with Crippen LogP contribution in [0.15, 0.2) is 6.33 Å². The normalized spacial score (nSPS) is 29.4. The van der Waals surface area contributed by atoms with E-state index < -0.39 is 0 Å². The maximum atomic E-state index is 6.04. The standard InChI is InChI=1S/C16H28N4O/c1-4-17-14(13-7-12-5-6-15(13)21-12)8-16-18-10-19-20(16)9-11(2)3/h10-15,17H,4-9H2,1-3H3. The van der Waals surface area contributed by atoms with Crippen LogP contribution in [-0.4, -0.2) is 39.6 Å². The number of fused-ring (bicyclic) bond motifs is 2. The van der Waals surface area contributed by atoms with Gasteiger partial charge in [0.2, 0.25) is 0 Å². The molecule has 2 aliphatic heterocycles. The second kappa shape index (κ2) is 6.44. The highest BCUT2D eigenvalue weighted by Gasteiger charge is 2.44. The van der Waals surface area contributed by atoms with Gasteiger partial charge in [-0.15, -0.1) is 0 Å². The quantitative estimate of drug-likeness (QED) is 0.835. The van der Waals surface area contributed by atoms with Crippen molar-refractivity contribution in [2.75, 3.05) is 6.54 Å². The first-order chi connectivity index (χ1) is 10.2. The van der Waals surface area contributed by atoms with Crippen LogP contribution < -0.4 is 5.32 Å². The average molecular weight is 292 g/mol. The van der Waals surface area contributed by atoms with Crippen LogP contribution in [0.4, 0.5) is 0 Å². The fourth-order valence-electron chi connectivity index (χ4n) is 3.88. The van der Waals surface area contributed by atoms with Crippen molar-refractivity contribution in [1.29, 1.82) is 0 Å². The van der Waals surface area contributed by atoms with E-state index in [2.05, 4.69) is 40.9 Å². The highest BCUT2D eigenvalue weighted by atomic mass is 16.5. The molecule has 2 saturated heterocycles. The van der Waals surface area contributed by atoms with E-state index in [1.165, 1.54) is 19.3 Å². The van der Waals surface area contributed by atoms with Crippen LogP contribution in [0.5, 0.6) is 0 Å². The van der Waals surface area contributed by atoms with Crippen molar-refractivity contribution in [2.45, 2.75) is 71.2 Å². The minimum Gasteiger partial charge on any atom is -0.375 e. The molecule has 0 spiro atoms. The fourth-order valence-corrected chi connectivity index (χ4v) is 3.88. The van der Waals surface area contributed by atoms with Gasteiger partial charge < -0.3 is 10.1 Å². The SMILES string of the molecule is CCNC(Cc1ncnn1CC(C)C)C1CC2CCC1O2. The lowest BCUT2D eigenvalue weighted by Gasteiger charge is -2.29. The molecule has 0 aromatic carbocycles. The summed E-state index contributed by atoms with van der Waals surface area (Å²) in [5, 5.41) is 8.06. The molecule has 1 N–H and O–H groups in total. The molecule has 0 radical (unpaired) electrons. The summed E-state index contributed by atoms with van der Waals surface area (Å²) in [4.78, 5) is 4.50. The van der Waals surface area contributed by atoms with E-state index in [1.807, 2.05) is 0 Å². The Morgan fingerprint density at radius 2 is 2.29 bits per heavy atom. The van der Waals surface area contributed by atoms with Crippen LogP contribution in [0.2, 0.25) is 0 Å². The van der Waals surface area contributed by atoms with Gasteiger partial charge in [-0.2, -0.15) is 5.10 Å². The maximum Gasteiger partial charge on any atom is 0.138 e. The summed E-state index contributed by atoms with van der Waals surface area (Å²) in [5.41, 5.74) is 0. The van der Waals surface area contributed by atoms with Gasteiger partial charge in [0.1, 0.15) is 12.2 Å². The first kappa shape index (κ1) is 15.0. The number of hydrogen-bond acceptors (Lipinski definition) is 4. The minimum atomic E-state index is 0.459. The molecular weight excluding hydrogens is 264 g/mol. The smallest absolute Gasteiger partial charge is 0.138 e. The van der Waals surface area contributed by atoms with E-state index in [4.69, 9.17) is 4.74 Å². The highest BCUT2D eigenvalue weighted by Crippen LogP contribution is 2.40. The number of likely N-dealkylation sites (N-methyl/N-ethyl adjacent to an activating group) is 1. The zero-order valence-corrected chi connectivity index (χ0v) is 13.5. The first-order valence-corrected chi connectivity index (χ1v) is 8.42. The third-order valence-electron chi connectivity index (χ3n) is 4.77. The number of nitrogens with zero attached hydrogens (tertiary/aromatic N) is 3. The number of ether oxygens (including phenoxy) is 1. The van der Waals surface area contributed by atoms with Crippen molar-refractivity contribution in [2.24, 2.45) is 11.8 Å². The molecule has 0 amide bonds. The molecule has 118 valence electrons. The summed E-state index contributed by atoms with van der Waals surface area (Å²) in [6.45, 7) is 8.56. The molecule has 2 aliphatic rings. The Balaban J connectivity index is 1.69. The monoisotopic (exact) mass is 292 g/mol. The second-order valence-electron chi connectivity index (χ2n) is 6.89. The molecule has 2 bridgehead atoms. The van der Waals surface area contributed by atoms with Crippen molar-refractivity contribution in [1.82, 2.24) is 20.1 Å². The molecule has 3 heterocycles. The third kappa shape index (κ3) is 3.29. The lowest BCUT2D eigenvalue weighted by atomic mass is 9.82. The summed E-state index contributed by atoms with van der Waals surface area (Å²) in [7, 11) is 0. The molecule has 2 fully saturated rings. The van der Waals surface area contributed by atoms with Crippen LogP contribution in [0, 0.1) is 11.8 Å². The zero-order chi connectivity index (χ0) is 14.8. The van der Waals surface area contributed by atoms with Gasteiger partial charge in [-0.05, 0) is 31.7 Å². The lowest BCUT2D eigenvalue weighted by molar-refractivity contribution is 0.0856. The van der Waals surface area contributed by atoms with E-state index >= 15 is 0 Å². The first-order valence-electron chi connectivity index (χ1n) is 8.42. The molecule has 4 unspecified atom stereocenters. The fraction of sp³-hybridized carbons (Fsp3) is 0.875. The van der Waals surface area contributed by atoms with Crippen molar-refractivity contribution < 1.29 is 4.74 Å². The minimum absolute atomic E-state index is 0.459. The Hall–Kier alpha value is -0.940. The molecule has 1 aromatic heterocycles. The maximum absolute atomic E-state index is 6.04. The number of nitrogens with one attached hydrogen (secondary N) is 1. The van der Waals surface area contributed by atoms with E-state index in [9.17, 15) is 0 Å². The Morgan fingerprint density at radius 1 is 1.43 bits per heavy atom. The van der Waals surface area contributed by atoms with Gasteiger partial charge in [-0.1, -0.05) is 20.8 Å². The Labute approximate surface area is 127 Å². The van der Waals surface area contributed by atoms with E-state index in [0.717, 1.165) is 25.3 Å². The summed E-state index contributed by atoms with van der Waals surface area (Å²) in [6, 6.07) is 0.459. The van der Waals surface area contributed by atoms with E-state index in [-0.39, 0.29) is 0 Å². The Bertz CT molecular complexity index is 459. The summed E-state index contributed by atoms with van der Waals surface area (Å²) in [6.07, 6.45) is 7.31. The molecule has 5 nitrogen and oxygen atoms in total. The van der Waals surface area contributed by atoms with Gasteiger partial charge in [0.05, 0.1) is 12.2 Å². The number of rotatable bonds is 7. The second-order valence-corrected chi connectivity index (χ2v) is 6.89. The van der Waals surface area contributed by atoms with Crippen molar-refractivity contribution in [3.63, 3.8) is 0 Å². The predicted octanol–water partition coefficient (Wildman–Crippen LogP) is 2.02. The van der Waals surface area contributed by atoms with Gasteiger partial charge in [-0.3, -0.25) is 0 Å². The lowest BCUT2D eigenvalue weighted by Crippen LogP contribution is -2.42. The van der Waals surface area contributed by atoms with Crippen molar-refractivity contribution in [3.05, 3.63) is 12.2 Å². The average Bonchev–Trinajstić information content (AvgIpc) is 3.14. The van der Waals surface area contributed by atoms with Gasteiger partial charge >= 0.3 is 0 Å². The highest BCUT2D eigenvalue weighted by molar-refractivity contribution is 5.00. The molecular formula is C16H28N4O. The largest absolute Gasteiger partial charge is 0.375 e. The van der Waals surface area contributed by atoms with Crippen LogP contribution in [0.25, 0.3) is 0 Å². The molecule has 1 aromatic rings. The summed E-state index contributed by atoms with van der Waals surface area (Å²) >= 11 is 0. The number of aromatic nitrogens is 3. The van der Waals surface area contributed by atoms with Crippen LogP contribution >= 0.6 is 0 Å². The van der Waals surface area contributed by atoms with Crippen LogP contribution in [0.3, 0.4) is 0 Å². The molecule has 21 heavy (non-hydrogen) atoms. The van der Waals surface area contributed by atoms with Gasteiger partial charge in [0, 0.05) is 24.9 Å². The molecule has 0 saturated carbocycles. The molecule has 5 heteroatoms. The third-order valence-corrected chi connectivity index (χ3v) is 4.77. The predicted molar refractivity (Wildman–Crippen MR) is 82.0 cm³/mol. The Morgan fingerprint density at radius 3 is 2.90 bits per heavy atom. The Kier molecular flexibility index (Phi) is 4.60. The summed E-state index contributed by atoms with van der Waals surface area (Å²) in [5.74, 6) is 2.33. The number of hydrogen-bond donors (Lipinski definition) is 1. The van der Waals surface area contributed by atoms with Gasteiger partial charge in [0.25, 0.3) is 0 Å². The molecule has 0 aliphatic carbocycles. The van der Waals surface area contributed by atoms with Crippen LogP contribution in [0.1, 0.15) is 45.9 Å². The summed E-state index contributed by atoms with van der Waals surface area (Å²) < 4.78 is 8.12. The van der Waals surface area contributed by atoms with E-state index in [1.54, 1.807) is 6.33 Å². The molecule has 4 atom stereocenters.